The molecule has 1 N–H and O–H groups in total. The first kappa shape index (κ1) is 19.5. The molecule has 1 amide bonds. The number of amides is 1. The van der Waals surface area contributed by atoms with Crippen molar-refractivity contribution in [3.63, 3.8) is 0 Å². The van der Waals surface area contributed by atoms with Gasteiger partial charge >= 0.3 is 0 Å². The Morgan fingerprint density at radius 1 is 1.24 bits per heavy atom. The molecular weight excluding hydrogens is 344 g/mol. The minimum absolute atomic E-state index is 0.126. The van der Waals surface area contributed by atoms with Crippen LogP contribution in [0.15, 0.2) is 18.2 Å². The van der Waals surface area contributed by atoms with Gasteiger partial charge in [0.1, 0.15) is 11.5 Å². The maximum absolute atomic E-state index is 12.5. The molecule has 0 radical (unpaired) electrons. The second-order valence-electron chi connectivity index (χ2n) is 6.04. The second kappa shape index (κ2) is 8.53. The van der Waals surface area contributed by atoms with Crippen molar-refractivity contribution in [2.45, 2.75) is 26.2 Å². The van der Waals surface area contributed by atoms with E-state index in [0.29, 0.717) is 49.5 Å². The molecule has 0 atom stereocenters. The van der Waals surface area contributed by atoms with E-state index in [1.165, 1.54) is 11.4 Å². The number of anilines is 1. The van der Waals surface area contributed by atoms with E-state index in [4.69, 9.17) is 9.47 Å². The number of sulfonamides is 1. The molecule has 1 fully saturated rings. The van der Waals surface area contributed by atoms with Crippen LogP contribution in [0.3, 0.4) is 0 Å². The molecule has 0 aliphatic carbocycles. The lowest BCUT2D eigenvalue weighted by Crippen LogP contribution is -2.42. The van der Waals surface area contributed by atoms with E-state index in [-0.39, 0.29) is 17.6 Å². The number of hydrogen-bond donors (Lipinski definition) is 1. The molecular formula is C17H26N2O5S. The first-order valence-electron chi connectivity index (χ1n) is 8.42. The van der Waals surface area contributed by atoms with E-state index >= 15 is 0 Å². The van der Waals surface area contributed by atoms with E-state index in [2.05, 4.69) is 5.32 Å². The quantitative estimate of drug-likeness (QED) is 0.794. The molecule has 7 nitrogen and oxygen atoms in total. The van der Waals surface area contributed by atoms with Gasteiger partial charge in [0.05, 0.1) is 25.7 Å². The van der Waals surface area contributed by atoms with Crippen molar-refractivity contribution in [1.29, 1.82) is 0 Å². The van der Waals surface area contributed by atoms with Crippen molar-refractivity contribution in [2.75, 3.05) is 38.4 Å². The van der Waals surface area contributed by atoms with E-state index in [9.17, 15) is 13.2 Å². The van der Waals surface area contributed by atoms with Crippen LogP contribution < -0.4 is 14.8 Å². The van der Waals surface area contributed by atoms with E-state index < -0.39 is 10.0 Å². The molecule has 1 aromatic carbocycles. The molecule has 8 heteroatoms. The monoisotopic (exact) mass is 370 g/mol. The van der Waals surface area contributed by atoms with Gasteiger partial charge < -0.3 is 14.8 Å². The summed E-state index contributed by atoms with van der Waals surface area (Å²) in [6.07, 6.45) is 1.63. The minimum atomic E-state index is -3.20. The Balaban J connectivity index is 2.00. The number of benzene rings is 1. The predicted molar refractivity (Wildman–Crippen MR) is 96.6 cm³/mol. The number of carbonyl (C=O) groups is 1. The van der Waals surface area contributed by atoms with E-state index in [1.807, 2.05) is 6.92 Å². The molecule has 0 saturated carbocycles. The Labute approximate surface area is 149 Å². The van der Waals surface area contributed by atoms with Crippen molar-refractivity contribution in [3.8, 4) is 11.5 Å². The number of ether oxygens (including phenoxy) is 2. The topological polar surface area (TPSA) is 84.9 Å². The van der Waals surface area contributed by atoms with Crippen LogP contribution in [0.4, 0.5) is 5.69 Å². The zero-order valence-corrected chi connectivity index (χ0v) is 15.8. The Morgan fingerprint density at radius 2 is 1.92 bits per heavy atom. The zero-order valence-electron chi connectivity index (χ0n) is 14.9. The van der Waals surface area contributed by atoms with Crippen molar-refractivity contribution >= 4 is 21.6 Å². The van der Waals surface area contributed by atoms with Gasteiger partial charge in [-0.1, -0.05) is 6.92 Å². The Kier molecular flexibility index (Phi) is 6.66. The molecule has 25 heavy (non-hydrogen) atoms. The van der Waals surface area contributed by atoms with Crippen LogP contribution in [-0.4, -0.2) is 51.7 Å². The number of methoxy groups -OCH3 is 2. The van der Waals surface area contributed by atoms with E-state index in [0.717, 1.165) is 0 Å². The molecule has 0 bridgehead atoms. The summed E-state index contributed by atoms with van der Waals surface area (Å²) in [4.78, 5) is 12.5. The van der Waals surface area contributed by atoms with Crippen molar-refractivity contribution in [2.24, 2.45) is 5.92 Å². The average Bonchev–Trinajstić information content (AvgIpc) is 2.61. The highest BCUT2D eigenvalue weighted by Crippen LogP contribution is 2.30. The minimum Gasteiger partial charge on any atom is -0.497 e. The number of rotatable bonds is 7. The Bertz CT molecular complexity index is 697. The van der Waals surface area contributed by atoms with Crippen LogP contribution in [0.1, 0.15) is 26.2 Å². The van der Waals surface area contributed by atoms with E-state index in [1.54, 1.807) is 25.3 Å². The van der Waals surface area contributed by atoms with Crippen molar-refractivity contribution in [1.82, 2.24) is 4.31 Å². The van der Waals surface area contributed by atoms with Gasteiger partial charge in [-0.05, 0) is 31.4 Å². The fraction of sp³-hybridized carbons (Fsp3) is 0.588. The lowest BCUT2D eigenvalue weighted by molar-refractivity contribution is -0.120. The van der Waals surface area contributed by atoms with Crippen LogP contribution in [-0.2, 0) is 14.8 Å². The molecule has 2 rings (SSSR count). The molecule has 0 aromatic heterocycles. The Hall–Kier alpha value is -1.80. The first-order chi connectivity index (χ1) is 11.9. The number of hydrogen-bond acceptors (Lipinski definition) is 5. The zero-order chi connectivity index (χ0) is 18.4. The standard InChI is InChI=1S/C17H26N2O5S/c1-4-11-25(21,22)19-9-7-13(8-10-19)17(20)18-15-12-14(23-2)5-6-16(15)24-3/h5-6,12-13H,4,7-11H2,1-3H3,(H,18,20). The summed E-state index contributed by atoms with van der Waals surface area (Å²) < 4.78 is 36.1. The lowest BCUT2D eigenvalue weighted by Gasteiger charge is -2.30. The van der Waals surface area contributed by atoms with Crippen LogP contribution in [0.2, 0.25) is 0 Å². The van der Waals surface area contributed by atoms with Crippen LogP contribution in [0.5, 0.6) is 11.5 Å². The van der Waals surface area contributed by atoms with Gasteiger partial charge in [0.25, 0.3) is 0 Å². The summed E-state index contributed by atoms with van der Waals surface area (Å²) in [5.41, 5.74) is 0.549. The summed E-state index contributed by atoms with van der Waals surface area (Å²) in [6, 6.07) is 5.19. The van der Waals surface area contributed by atoms with Crippen molar-refractivity contribution in [3.05, 3.63) is 18.2 Å². The van der Waals surface area contributed by atoms with Gasteiger partial charge in [0.15, 0.2) is 0 Å². The van der Waals surface area contributed by atoms with Gasteiger partial charge in [-0.25, -0.2) is 12.7 Å². The maximum Gasteiger partial charge on any atom is 0.227 e. The maximum atomic E-state index is 12.5. The van der Waals surface area contributed by atoms with Crippen LogP contribution >= 0.6 is 0 Å². The third kappa shape index (κ3) is 4.85. The third-order valence-corrected chi connectivity index (χ3v) is 6.42. The summed E-state index contributed by atoms with van der Waals surface area (Å²) in [6.45, 7) is 2.62. The molecule has 0 unspecified atom stereocenters. The van der Waals surface area contributed by atoms with Gasteiger partial charge in [-0.3, -0.25) is 4.79 Å². The highest BCUT2D eigenvalue weighted by Gasteiger charge is 2.30. The fourth-order valence-electron chi connectivity index (χ4n) is 2.93. The predicted octanol–water partition coefficient (Wildman–Crippen LogP) is 2.09. The van der Waals surface area contributed by atoms with Crippen molar-refractivity contribution < 1.29 is 22.7 Å². The largest absolute Gasteiger partial charge is 0.497 e. The van der Waals surface area contributed by atoms with Gasteiger partial charge in [0.2, 0.25) is 15.9 Å². The fourth-order valence-corrected chi connectivity index (χ4v) is 4.47. The normalized spacial score (nSPS) is 16.4. The molecule has 1 aliphatic heterocycles. The third-order valence-electron chi connectivity index (χ3n) is 4.34. The number of piperidine rings is 1. The first-order valence-corrected chi connectivity index (χ1v) is 10.0. The molecule has 1 aliphatic rings. The molecule has 140 valence electrons. The molecule has 1 saturated heterocycles. The molecule has 0 spiro atoms. The number of carbonyl (C=O) groups excluding carboxylic acids is 1. The smallest absolute Gasteiger partial charge is 0.227 e. The molecule has 1 aromatic rings. The summed E-state index contributed by atoms with van der Waals surface area (Å²) in [7, 11) is -0.104. The van der Waals surface area contributed by atoms with Gasteiger partial charge in [0, 0.05) is 25.1 Å². The highest BCUT2D eigenvalue weighted by atomic mass is 32.2. The van der Waals surface area contributed by atoms with Crippen LogP contribution in [0, 0.1) is 5.92 Å². The SMILES string of the molecule is CCCS(=O)(=O)N1CCC(C(=O)Nc2cc(OC)ccc2OC)CC1. The van der Waals surface area contributed by atoms with Gasteiger partial charge in [-0.2, -0.15) is 0 Å². The summed E-state index contributed by atoms with van der Waals surface area (Å²) in [5.74, 6) is 0.988. The number of nitrogens with one attached hydrogen (secondary N) is 1. The summed E-state index contributed by atoms with van der Waals surface area (Å²) >= 11 is 0. The summed E-state index contributed by atoms with van der Waals surface area (Å²) in [5, 5.41) is 2.87. The highest BCUT2D eigenvalue weighted by molar-refractivity contribution is 7.89. The molecule has 1 heterocycles. The second-order valence-corrected chi connectivity index (χ2v) is 8.13. The lowest BCUT2D eigenvalue weighted by atomic mass is 9.97. The number of nitrogens with zero attached hydrogens (tertiary/aromatic N) is 1. The van der Waals surface area contributed by atoms with Gasteiger partial charge in [-0.15, -0.1) is 0 Å². The van der Waals surface area contributed by atoms with Crippen LogP contribution in [0.25, 0.3) is 0 Å². The average molecular weight is 370 g/mol. The Morgan fingerprint density at radius 3 is 2.48 bits per heavy atom.